The molecule has 72 valence electrons. The molecule has 0 aliphatic rings. The molecule has 0 N–H and O–H groups in total. The normalized spacial score (nSPS) is 10.7. The smallest absolute Gasteiger partial charge is 0.267 e. The van der Waals surface area contributed by atoms with Crippen molar-refractivity contribution in [3.8, 4) is 0 Å². The summed E-state index contributed by atoms with van der Waals surface area (Å²) >= 11 is 5.77. The first kappa shape index (κ1) is 9.15. The Balaban J connectivity index is 2.84. The van der Waals surface area contributed by atoms with Crippen molar-refractivity contribution in [1.82, 2.24) is 15.0 Å². The predicted octanol–water partition coefficient (Wildman–Crippen LogP) is 1.46. The molecule has 0 bridgehead atoms. The van der Waals surface area contributed by atoms with Crippen molar-refractivity contribution >= 4 is 22.5 Å². The number of hydrogen-bond acceptors (Lipinski definition) is 3. The van der Waals surface area contributed by atoms with E-state index in [0.717, 1.165) is 0 Å². The number of hydrogen-bond donors (Lipinski definition) is 0. The van der Waals surface area contributed by atoms with Gasteiger partial charge in [-0.15, -0.1) is 5.10 Å². The van der Waals surface area contributed by atoms with Gasteiger partial charge in [-0.25, -0.2) is 4.68 Å². The van der Waals surface area contributed by atoms with Crippen LogP contribution in [0.4, 0.5) is 0 Å². The average Bonchev–Trinajstić information content (AvgIpc) is 2.18. The van der Waals surface area contributed by atoms with E-state index in [2.05, 4.69) is 10.3 Å². The Morgan fingerprint density at radius 3 is 3.00 bits per heavy atom. The first-order valence-corrected chi connectivity index (χ1v) is 4.63. The van der Waals surface area contributed by atoms with Crippen molar-refractivity contribution in [2.75, 3.05) is 0 Å². The number of rotatable bonds is 1. The second-order valence-electron chi connectivity index (χ2n) is 2.87. The van der Waals surface area contributed by atoms with Gasteiger partial charge in [-0.2, -0.15) is 0 Å². The largest absolute Gasteiger partial charge is 0.277 e. The summed E-state index contributed by atoms with van der Waals surface area (Å²) in [5, 5.41) is 8.77. The third-order valence-electron chi connectivity index (χ3n) is 1.98. The molecule has 1 aromatic heterocycles. The molecule has 5 heteroatoms. The fraction of sp³-hybridized carbons (Fsp3) is 0.222. The third kappa shape index (κ3) is 1.37. The summed E-state index contributed by atoms with van der Waals surface area (Å²) in [5.41, 5.74) is 0.404. The Kier molecular flexibility index (Phi) is 2.21. The van der Waals surface area contributed by atoms with Crippen LogP contribution in [-0.4, -0.2) is 15.0 Å². The molecule has 1 aromatic carbocycles. The topological polar surface area (TPSA) is 47.8 Å². The molecule has 14 heavy (non-hydrogen) atoms. The van der Waals surface area contributed by atoms with Crippen molar-refractivity contribution in [3.05, 3.63) is 33.6 Å². The van der Waals surface area contributed by atoms with Crippen LogP contribution >= 0.6 is 11.6 Å². The van der Waals surface area contributed by atoms with Gasteiger partial charge in [0.2, 0.25) is 0 Å². The minimum Gasteiger partial charge on any atom is -0.267 e. The van der Waals surface area contributed by atoms with E-state index in [1.165, 1.54) is 4.68 Å². The molecule has 0 aliphatic heterocycles. The van der Waals surface area contributed by atoms with Crippen molar-refractivity contribution in [1.29, 1.82) is 0 Å². The molecule has 0 amide bonds. The SMILES string of the molecule is CCn1nnc2cc(Cl)ccc2c1=O. The molecule has 1 heterocycles. The van der Waals surface area contributed by atoms with Gasteiger partial charge in [-0.1, -0.05) is 16.8 Å². The van der Waals surface area contributed by atoms with Gasteiger partial charge in [0.25, 0.3) is 5.56 Å². The van der Waals surface area contributed by atoms with Gasteiger partial charge in [0, 0.05) is 11.6 Å². The summed E-state index contributed by atoms with van der Waals surface area (Å²) in [6, 6.07) is 4.97. The quantitative estimate of drug-likeness (QED) is 0.715. The van der Waals surface area contributed by atoms with Gasteiger partial charge in [-0.05, 0) is 25.1 Å². The van der Waals surface area contributed by atoms with Crippen LogP contribution in [-0.2, 0) is 6.54 Å². The maximum atomic E-state index is 11.7. The van der Waals surface area contributed by atoms with Crippen LogP contribution in [0.3, 0.4) is 0 Å². The molecule has 0 saturated carbocycles. The second-order valence-corrected chi connectivity index (χ2v) is 3.31. The molecule has 0 unspecified atom stereocenters. The molecule has 0 fully saturated rings. The first-order chi connectivity index (χ1) is 6.72. The van der Waals surface area contributed by atoms with E-state index in [4.69, 9.17) is 11.6 Å². The monoisotopic (exact) mass is 209 g/mol. The number of benzene rings is 1. The highest BCUT2D eigenvalue weighted by Gasteiger charge is 2.03. The van der Waals surface area contributed by atoms with E-state index in [9.17, 15) is 4.79 Å². The minimum absolute atomic E-state index is 0.130. The Morgan fingerprint density at radius 2 is 2.29 bits per heavy atom. The zero-order valence-electron chi connectivity index (χ0n) is 7.57. The minimum atomic E-state index is -0.130. The summed E-state index contributed by atoms with van der Waals surface area (Å²) in [6.45, 7) is 2.36. The highest BCUT2D eigenvalue weighted by atomic mass is 35.5. The number of nitrogens with zero attached hydrogens (tertiary/aromatic N) is 3. The predicted molar refractivity (Wildman–Crippen MR) is 54.5 cm³/mol. The summed E-state index contributed by atoms with van der Waals surface area (Å²) in [7, 11) is 0. The molecule has 0 radical (unpaired) electrons. The molecule has 0 saturated heterocycles. The zero-order valence-corrected chi connectivity index (χ0v) is 8.32. The molecule has 2 rings (SSSR count). The van der Waals surface area contributed by atoms with Gasteiger partial charge >= 0.3 is 0 Å². The van der Waals surface area contributed by atoms with Gasteiger partial charge in [-0.3, -0.25) is 4.79 Å². The molecular weight excluding hydrogens is 202 g/mol. The number of halogens is 1. The zero-order chi connectivity index (χ0) is 10.1. The lowest BCUT2D eigenvalue weighted by molar-refractivity contribution is 0.581. The first-order valence-electron chi connectivity index (χ1n) is 4.25. The van der Waals surface area contributed by atoms with Crippen LogP contribution in [0.1, 0.15) is 6.92 Å². The van der Waals surface area contributed by atoms with Crippen LogP contribution in [0.25, 0.3) is 10.9 Å². The van der Waals surface area contributed by atoms with Crippen LogP contribution in [0.5, 0.6) is 0 Å². The molecule has 4 nitrogen and oxygen atoms in total. The number of fused-ring (bicyclic) bond motifs is 1. The third-order valence-corrected chi connectivity index (χ3v) is 2.22. The maximum Gasteiger partial charge on any atom is 0.277 e. The summed E-state index contributed by atoms with van der Waals surface area (Å²) in [5.74, 6) is 0. The van der Waals surface area contributed by atoms with Gasteiger partial charge in [0.1, 0.15) is 5.52 Å². The van der Waals surface area contributed by atoms with Crippen LogP contribution in [0, 0.1) is 0 Å². The average molecular weight is 210 g/mol. The highest BCUT2D eigenvalue weighted by Crippen LogP contribution is 2.13. The molecule has 0 atom stereocenters. The Bertz CT molecular complexity index is 535. The lowest BCUT2D eigenvalue weighted by Crippen LogP contribution is -2.23. The van der Waals surface area contributed by atoms with Crippen molar-refractivity contribution in [3.63, 3.8) is 0 Å². The van der Waals surface area contributed by atoms with E-state index in [0.29, 0.717) is 22.5 Å². The standard InChI is InChI=1S/C9H8ClN3O/c1-2-13-9(14)7-4-3-6(10)5-8(7)11-12-13/h3-5H,2H2,1H3. The Labute approximate surface area is 85.1 Å². The lowest BCUT2D eigenvalue weighted by Gasteiger charge is -2.00. The second kappa shape index (κ2) is 3.38. The summed E-state index contributed by atoms with van der Waals surface area (Å²) < 4.78 is 1.32. The van der Waals surface area contributed by atoms with Gasteiger partial charge in [0.15, 0.2) is 0 Å². The maximum absolute atomic E-state index is 11.7. The van der Waals surface area contributed by atoms with E-state index >= 15 is 0 Å². The van der Waals surface area contributed by atoms with Crippen molar-refractivity contribution in [2.45, 2.75) is 13.5 Å². The molecule has 0 aliphatic carbocycles. The molecular formula is C9H8ClN3O. The van der Waals surface area contributed by atoms with Crippen molar-refractivity contribution < 1.29 is 0 Å². The Hall–Kier alpha value is -1.42. The fourth-order valence-electron chi connectivity index (χ4n) is 1.26. The van der Waals surface area contributed by atoms with Crippen molar-refractivity contribution in [2.24, 2.45) is 0 Å². The lowest BCUT2D eigenvalue weighted by atomic mass is 10.2. The summed E-state index contributed by atoms with van der Waals surface area (Å²) in [6.07, 6.45) is 0. The number of aromatic nitrogens is 3. The van der Waals surface area contributed by atoms with E-state index in [1.54, 1.807) is 18.2 Å². The van der Waals surface area contributed by atoms with Crippen LogP contribution in [0.2, 0.25) is 5.02 Å². The molecule has 0 spiro atoms. The highest BCUT2D eigenvalue weighted by molar-refractivity contribution is 6.31. The molecule has 2 aromatic rings. The summed E-state index contributed by atoms with van der Waals surface area (Å²) in [4.78, 5) is 11.7. The van der Waals surface area contributed by atoms with E-state index in [-0.39, 0.29) is 5.56 Å². The Morgan fingerprint density at radius 1 is 1.50 bits per heavy atom. The van der Waals surface area contributed by atoms with Crippen LogP contribution in [0.15, 0.2) is 23.0 Å². The number of aryl methyl sites for hydroxylation is 1. The van der Waals surface area contributed by atoms with Crippen LogP contribution < -0.4 is 5.56 Å². The van der Waals surface area contributed by atoms with E-state index < -0.39 is 0 Å². The van der Waals surface area contributed by atoms with Gasteiger partial charge in [0.05, 0.1) is 5.39 Å². The fourth-order valence-corrected chi connectivity index (χ4v) is 1.42. The van der Waals surface area contributed by atoms with E-state index in [1.807, 2.05) is 6.92 Å². The van der Waals surface area contributed by atoms with Gasteiger partial charge < -0.3 is 0 Å².